The van der Waals surface area contributed by atoms with E-state index in [9.17, 15) is 13.8 Å². The molecule has 0 amide bonds. The van der Waals surface area contributed by atoms with Crippen LogP contribution in [0.5, 0.6) is 0 Å². The molecule has 4 rings (SSSR count). The fourth-order valence-corrected chi connectivity index (χ4v) is 5.76. The van der Waals surface area contributed by atoms with Crippen LogP contribution in [0.15, 0.2) is 64.4 Å². The van der Waals surface area contributed by atoms with Gasteiger partial charge in [-0.15, -0.1) is 0 Å². The normalized spacial score (nSPS) is 20.5. The maximum absolute atomic E-state index is 13.2. The summed E-state index contributed by atoms with van der Waals surface area (Å²) in [5.41, 5.74) is 2.24. The summed E-state index contributed by atoms with van der Waals surface area (Å²) in [7, 11) is -1.18. The molecule has 1 fully saturated rings. The second-order valence-electron chi connectivity index (χ2n) is 7.89. The van der Waals surface area contributed by atoms with Crippen molar-refractivity contribution in [1.29, 1.82) is 0 Å². The SMILES string of the molecule is O=C(O)/C=C\C(=O)O.O=S1c2ccccc2CC(N2CCN(CCO)CC2)c2cc(Cl)ccc21. The Morgan fingerprint density at radius 2 is 1.65 bits per heavy atom. The Morgan fingerprint density at radius 3 is 2.26 bits per heavy atom. The maximum Gasteiger partial charge on any atom is 0.328 e. The lowest BCUT2D eigenvalue weighted by molar-refractivity contribution is -0.134. The number of halogens is 1. The van der Waals surface area contributed by atoms with E-state index in [1.165, 1.54) is 0 Å². The van der Waals surface area contributed by atoms with Gasteiger partial charge < -0.3 is 15.3 Å². The van der Waals surface area contributed by atoms with Crippen molar-refractivity contribution in [3.8, 4) is 0 Å². The van der Waals surface area contributed by atoms with Crippen molar-refractivity contribution in [2.24, 2.45) is 0 Å². The third kappa shape index (κ3) is 6.74. The summed E-state index contributed by atoms with van der Waals surface area (Å²) in [6, 6.07) is 14.0. The number of hydrogen-bond donors (Lipinski definition) is 3. The van der Waals surface area contributed by atoms with Gasteiger partial charge in [0.1, 0.15) is 0 Å². The molecule has 2 aromatic rings. The number of aliphatic hydroxyl groups is 1. The number of benzene rings is 2. The monoisotopic (exact) mass is 506 g/mol. The molecule has 0 aliphatic carbocycles. The Kier molecular flexibility index (Phi) is 9.37. The highest BCUT2D eigenvalue weighted by Gasteiger charge is 2.32. The van der Waals surface area contributed by atoms with Crippen LogP contribution in [0.3, 0.4) is 0 Å². The van der Waals surface area contributed by atoms with Crippen LogP contribution in [0.25, 0.3) is 0 Å². The lowest BCUT2D eigenvalue weighted by Crippen LogP contribution is -2.48. The summed E-state index contributed by atoms with van der Waals surface area (Å²) in [5, 5.41) is 25.5. The molecule has 0 aromatic heterocycles. The molecular weight excluding hydrogens is 480 g/mol. The Morgan fingerprint density at radius 1 is 1.00 bits per heavy atom. The third-order valence-electron chi connectivity index (χ3n) is 5.75. The smallest absolute Gasteiger partial charge is 0.328 e. The molecule has 182 valence electrons. The van der Waals surface area contributed by atoms with E-state index < -0.39 is 22.7 Å². The number of piperazine rings is 1. The summed E-state index contributed by atoms with van der Waals surface area (Å²) in [6.45, 7) is 4.69. The third-order valence-corrected chi connectivity index (χ3v) is 7.55. The van der Waals surface area contributed by atoms with Gasteiger partial charge in [-0.05, 0) is 41.8 Å². The molecule has 8 nitrogen and oxygen atoms in total. The van der Waals surface area contributed by atoms with Gasteiger partial charge >= 0.3 is 11.9 Å². The van der Waals surface area contributed by atoms with Gasteiger partial charge in [0.15, 0.2) is 0 Å². The Labute approximate surface area is 205 Å². The summed E-state index contributed by atoms with van der Waals surface area (Å²) >= 11 is 6.30. The first-order chi connectivity index (χ1) is 16.3. The Hall–Kier alpha value is -2.56. The zero-order valence-electron chi connectivity index (χ0n) is 18.5. The lowest BCUT2D eigenvalue weighted by atomic mass is 9.96. The molecule has 2 heterocycles. The van der Waals surface area contributed by atoms with Gasteiger partial charge in [0.05, 0.1) is 17.4 Å². The van der Waals surface area contributed by atoms with Gasteiger partial charge in [-0.3, -0.25) is 9.80 Å². The average Bonchev–Trinajstić information content (AvgIpc) is 2.93. The van der Waals surface area contributed by atoms with Crippen molar-refractivity contribution in [3.63, 3.8) is 0 Å². The van der Waals surface area contributed by atoms with Crippen LogP contribution in [-0.4, -0.2) is 80.6 Å². The number of hydrogen-bond acceptors (Lipinski definition) is 6. The second kappa shape index (κ2) is 12.2. The standard InChI is InChI=1S/C20H23ClN2O2S.C4H4O4/c21-16-5-6-20-17(14-16)18(23-9-7-22(8-10-23)11-12-24)13-15-3-1-2-4-19(15)26(20)25;5-3(6)1-2-4(7)8/h1-6,14,18,24H,7-13H2;1-2H,(H,5,6)(H,7,8)/b;2-1-. The van der Waals surface area contributed by atoms with Gasteiger partial charge in [-0.25, -0.2) is 13.8 Å². The molecule has 0 radical (unpaired) electrons. The molecule has 10 heteroatoms. The zero-order valence-corrected chi connectivity index (χ0v) is 20.0. The van der Waals surface area contributed by atoms with Crippen molar-refractivity contribution < 1.29 is 29.1 Å². The highest BCUT2D eigenvalue weighted by atomic mass is 35.5. The number of carboxylic acids is 2. The predicted octanol–water partition coefficient (Wildman–Crippen LogP) is 2.43. The number of fused-ring (bicyclic) bond motifs is 2. The molecule has 3 N–H and O–H groups in total. The van der Waals surface area contributed by atoms with E-state index in [1.807, 2.05) is 36.4 Å². The van der Waals surface area contributed by atoms with Gasteiger partial charge in [-0.2, -0.15) is 0 Å². The van der Waals surface area contributed by atoms with Gasteiger partial charge in [0, 0.05) is 65.7 Å². The van der Waals surface area contributed by atoms with Crippen molar-refractivity contribution in [3.05, 3.63) is 70.8 Å². The fourth-order valence-electron chi connectivity index (χ4n) is 4.15. The quantitative estimate of drug-likeness (QED) is 0.529. The van der Waals surface area contributed by atoms with E-state index in [0.29, 0.717) is 17.2 Å². The lowest BCUT2D eigenvalue weighted by Gasteiger charge is -2.39. The first-order valence-corrected chi connectivity index (χ1v) is 12.3. The highest BCUT2D eigenvalue weighted by molar-refractivity contribution is 7.85. The van der Waals surface area contributed by atoms with Crippen LogP contribution in [0.4, 0.5) is 0 Å². The van der Waals surface area contributed by atoms with E-state index >= 15 is 0 Å². The molecule has 1 saturated heterocycles. The minimum atomic E-state index is -1.26. The number of nitrogens with zero attached hydrogens (tertiary/aromatic N) is 2. The molecule has 2 aliphatic heterocycles. The average molecular weight is 507 g/mol. The molecular formula is C24H27ClN2O6S. The Bertz CT molecular complexity index is 1070. The summed E-state index contributed by atoms with van der Waals surface area (Å²) < 4.78 is 13.2. The van der Waals surface area contributed by atoms with E-state index in [2.05, 4.69) is 15.9 Å². The minimum absolute atomic E-state index is 0.174. The van der Waals surface area contributed by atoms with Crippen LogP contribution in [0, 0.1) is 0 Å². The van der Waals surface area contributed by atoms with Crippen molar-refractivity contribution in [1.82, 2.24) is 9.80 Å². The van der Waals surface area contributed by atoms with Crippen molar-refractivity contribution >= 4 is 34.3 Å². The number of aliphatic carboxylic acids is 2. The van der Waals surface area contributed by atoms with Crippen LogP contribution in [-0.2, 0) is 26.8 Å². The van der Waals surface area contributed by atoms with Gasteiger partial charge in [-0.1, -0.05) is 29.8 Å². The number of carbonyl (C=O) groups is 2. The largest absolute Gasteiger partial charge is 0.478 e. The van der Waals surface area contributed by atoms with E-state index in [0.717, 1.165) is 60.1 Å². The van der Waals surface area contributed by atoms with Crippen LogP contribution in [0.2, 0.25) is 5.02 Å². The summed E-state index contributed by atoms with van der Waals surface area (Å²) in [6.07, 6.45) is 1.96. The van der Waals surface area contributed by atoms with Crippen molar-refractivity contribution in [2.45, 2.75) is 22.3 Å². The van der Waals surface area contributed by atoms with E-state index in [1.54, 1.807) is 0 Å². The molecule has 0 bridgehead atoms. The van der Waals surface area contributed by atoms with Crippen LogP contribution < -0.4 is 0 Å². The number of aliphatic hydroxyl groups excluding tert-OH is 1. The fraction of sp³-hybridized carbons (Fsp3) is 0.333. The molecule has 0 spiro atoms. The zero-order chi connectivity index (χ0) is 24.7. The summed E-state index contributed by atoms with van der Waals surface area (Å²) in [5.74, 6) is -2.51. The maximum atomic E-state index is 13.2. The number of carboxylic acid groups (broad SMARTS) is 2. The van der Waals surface area contributed by atoms with E-state index in [4.69, 9.17) is 26.9 Å². The minimum Gasteiger partial charge on any atom is -0.478 e. The van der Waals surface area contributed by atoms with Gasteiger partial charge in [0.25, 0.3) is 0 Å². The number of rotatable bonds is 5. The molecule has 2 unspecified atom stereocenters. The van der Waals surface area contributed by atoms with E-state index in [-0.39, 0.29) is 12.6 Å². The molecule has 2 aliphatic rings. The van der Waals surface area contributed by atoms with Crippen LogP contribution >= 0.6 is 11.6 Å². The summed E-state index contributed by atoms with van der Waals surface area (Å²) in [4.78, 5) is 25.7. The molecule has 0 saturated carbocycles. The van der Waals surface area contributed by atoms with Crippen LogP contribution in [0.1, 0.15) is 17.2 Å². The highest BCUT2D eigenvalue weighted by Crippen LogP contribution is 2.38. The molecule has 2 atom stereocenters. The second-order valence-corrected chi connectivity index (χ2v) is 9.74. The number of β-amino-alcohol motifs (C(OH)–C–C–N with tert-alkyl or cyclic N) is 1. The predicted molar refractivity (Wildman–Crippen MR) is 129 cm³/mol. The first kappa shape index (κ1) is 26.1. The van der Waals surface area contributed by atoms with Crippen molar-refractivity contribution in [2.75, 3.05) is 39.3 Å². The first-order valence-electron chi connectivity index (χ1n) is 10.8. The topological polar surface area (TPSA) is 118 Å². The molecule has 34 heavy (non-hydrogen) atoms. The molecule has 2 aromatic carbocycles. The van der Waals surface area contributed by atoms with Gasteiger partial charge in [0.2, 0.25) is 0 Å². The Balaban J connectivity index is 0.000000350.